The second kappa shape index (κ2) is 6.32. The van der Waals surface area contributed by atoms with Crippen LogP contribution in [0.25, 0.3) is 0 Å². The van der Waals surface area contributed by atoms with Crippen LogP contribution in [0.15, 0.2) is 41.3 Å². The van der Waals surface area contributed by atoms with Crippen molar-refractivity contribution in [1.82, 2.24) is 0 Å². The molecule has 0 saturated carbocycles. The van der Waals surface area contributed by atoms with Gasteiger partial charge in [0.15, 0.2) is 0 Å². The van der Waals surface area contributed by atoms with Gasteiger partial charge in [-0.1, -0.05) is 29.3 Å². The maximum absolute atomic E-state index is 13.2. The first-order chi connectivity index (χ1) is 10.2. The molecule has 4 nitrogen and oxygen atoms in total. The van der Waals surface area contributed by atoms with Gasteiger partial charge in [0, 0.05) is 14.1 Å². The van der Waals surface area contributed by atoms with Crippen molar-refractivity contribution >= 4 is 44.6 Å². The molecule has 0 saturated heterocycles. The Balaban J connectivity index is 2.45. The lowest BCUT2D eigenvalue weighted by Gasteiger charge is -2.20. The highest BCUT2D eigenvalue weighted by atomic mass is 35.5. The predicted octanol–water partition coefficient (Wildman–Crippen LogP) is 4.00. The molecule has 22 heavy (non-hydrogen) atoms. The van der Waals surface area contributed by atoms with Crippen LogP contribution in [-0.4, -0.2) is 22.5 Å². The summed E-state index contributed by atoms with van der Waals surface area (Å²) in [5.74, 6) is -0.683. The van der Waals surface area contributed by atoms with Gasteiger partial charge in [-0.05, 0) is 30.3 Å². The van der Waals surface area contributed by atoms with Gasteiger partial charge in [0.05, 0.1) is 26.3 Å². The number of benzene rings is 2. The van der Waals surface area contributed by atoms with Crippen LogP contribution in [0.1, 0.15) is 0 Å². The van der Waals surface area contributed by atoms with E-state index in [1.165, 1.54) is 0 Å². The number of para-hydroxylation sites is 1. The quantitative estimate of drug-likeness (QED) is 0.893. The Morgan fingerprint density at radius 3 is 2.36 bits per heavy atom. The molecule has 0 aliphatic rings. The van der Waals surface area contributed by atoms with Crippen LogP contribution >= 0.6 is 23.2 Å². The third kappa shape index (κ3) is 3.45. The highest BCUT2D eigenvalue weighted by molar-refractivity contribution is 7.92. The van der Waals surface area contributed by atoms with E-state index in [1.54, 1.807) is 37.2 Å². The minimum Gasteiger partial charge on any atom is -0.375 e. The summed E-state index contributed by atoms with van der Waals surface area (Å²) in [4.78, 5) is 1.56. The number of nitrogens with one attached hydrogen (secondary N) is 1. The lowest BCUT2D eigenvalue weighted by Crippen LogP contribution is -2.17. The molecular weight excluding hydrogens is 350 g/mol. The Bertz CT molecular complexity index is 810. The van der Waals surface area contributed by atoms with Gasteiger partial charge in [0.2, 0.25) is 0 Å². The van der Waals surface area contributed by atoms with E-state index in [0.29, 0.717) is 16.4 Å². The molecule has 0 unspecified atom stereocenters. The van der Waals surface area contributed by atoms with Crippen LogP contribution in [0.4, 0.5) is 15.8 Å². The predicted molar refractivity (Wildman–Crippen MR) is 88.0 cm³/mol. The average Bonchev–Trinajstić information content (AvgIpc) is 2.40. The topological polar surface area (TPSA) is 49.4 Å². The fourth-order valence-electron chi connectivity index (χ4n) is 1.90. The standard InChI is InChI=1S/C14H13Cl2FN2O2S/c1-19(2)14-10(15)4-3-5-13(14)18-22(20,21)9-6-7-12(17)11(16)8-9/h3-8,18H,1-2H3. The van der Waals surface area contributed by atoms with Crippen molar-refractivity contribution in [3.8, 4) is 0 Å². The number of nitrogens with zero attached hydrogens (tertiary/aromatic N) is 1. The SMILES string of the molecule is CN(C)c1c(Cl)cccc1NS(=O)(=O)c1ccc(F)c(Cl)c1. The molecular formula is C14H13Cl2FN2O2S. The molecule has 0 bridgehead atoms. The lowest BCUT2D eigenvalue weighted by molar-refractivity contribution is 0.599. The third-order valence-corrected chi connectivity index (χ3v) is 4.84. The molecule has 118 valence electrons. The zero-order valence-electron chi connectivity index (χ0n) is 11.8. The summed E-state index contributed by atoms with van der Waals surface area (Å²) < 4.78 is 40.4. The Hall–Kier alpha value is -1.50. The summed E-state index contributed by atoms with van der Waals surface area (Å²) in [6.45, 7) is 0. The number of anilines is 2. The van der Waals surface area contributed by atoms with E-state index >= 15 is 0 Å². The van der Waals surface area contributed by atoms with Crippen LogP contribution in [0.5, 0.6) is 0 Å². The Morgan fingerprint density at radius 1 is 1.09 bits per heavy atom. The number of sulfonamides is 1. The molecule has 8 heteroatoms. The Morgan fingerprint density at radius 2 is 1.77 bits per heavy atom. The van der Waals surface area contributed by atoms with Crippen LogP contribution in [0.3, 0.4) is 0 Å². The lowest BCUT2D eigenvalue weighted by atomic mass is 10.2. The fraction of sp³-hybridized carbons (Fsp3) is 0.143. The van der Waals surface area contributed by atoms with Crippen LogP contribution in [-0.2, 0) is 10.0 Å². The van der Waals surface area contributed by atoms with E-state index in [9.17, 15) is 12.8 Å². The van der Waals surface area contributed by atoms with E-state index in [0.717, 1.165) is 18.2 Å². The molecule has 0 aliphatic heterocycles. The summed E-state index contributed by atoms with van der Waals surface area (Å²) in [5, 5.41) is 0.143. The van der Waals surface area contributed by atoms with Gasteiger partial charge in [-0.2, -0.15) is 0 Å². The largest absolute Gasteiger partial charge is 0.375 e. The van der Waals surface area contributed by atoms with Gasteiger partial charge in [-0.3, -0.25) is 4.72 Å². The van der Waals surface area contributed by atoms with Gasteiger partial charge in [0.25, 0.3) is 10.0 Å². The highest BCUT2D eigenvalue weighted by Crippen LogP contribution is 2.34. The molecule has 0 atom stereocenters. The van der Waals surface area contributed by atoms with Gasteiger partial charge < -0.3 is 4.90 Å². The second-order valence-corrected chi connectivity index (χ2v) is 7.21. The minimum absolute atomic E-state index is 0.136. The summed E-state index contributed by atoms with van der Waals surface area (Å²) in [5.41, 5.74) is 0.846. The number of hydrogen-bond acceptors (Lipinski definition) is 3. The van der Waals surface area contributed by atoms with E-state index in [1.807, 2.05) is 0 Å². The molecule has 0 heterocycles. The fourth-order valence-corrected chi connectivity index (χ4v) is 3.58. The summed E-state index contributed by atoms with van der Waals surface area (Å²) in [6, 6.07) is 8.07. The van der Waals surface area contributed by atoms with E-state index in [-0.39, 0.29) is 9.92 Å². The molecule has 1 N–H and O–H groups in total. The van der Waals surface area contributed by atoms with Crippen molar-refractivity contribution in [1.29, 1.82) is 0 Å². The van der Waals surface area contributed by atoms with Gasteiger partial charge >= 0.3 is 0 Å². The molecule has 0 fully saturated rings. The number of rotatable bonds is 4. The van der Waals surface area contributed by atoms with Crippen molar-refractivity contribution in [2.24, 2.45) is 0 Å². The minimum atomic E-state index is -3.91. The first-order valence-corrected chi connectivity index (χ1v) is 8.40. The van der Waals surface area contributed by atoms with Crippen LogP contribution in [0, 0.1) is 5.82 Å². The average molecular weight is 363 g/mol. The normalized spacial score (nSPS) is 11.3. The van der Waals surface area contributed by atoms with Crippen molar-refractivity contribution in [3.63, 3.8) is 0 Å². The summed E-state index contributed by atoms with van der Waals surface area (Å²) in [7, 11) is -0.424. The molecule has 0 amide bonds. The number of halogens is 3. The highest BCUT2D eigenvalue weighted by Gasteiger charge is 2.19. The van der Waals surface area contributed by atoms with Crippen molar-refractivity contribution in [2.75, 3.05) is 23.7 Å². The maximum atomic E-state index is 13.2. The van der Waals surface area contributed by atoms with Crippen molar-refractivity contribution < 1.29 is 12.8 Å². The molecule has 2 aromatic carbocycles. The third-order valence-electron chi connectivity index (χ3n) is 2.88. The molecule has 0 radical (unpaired) electrons. The summed E-state index contributed by atoms with van der Waals surface area (Å²) >= 11 is 11.7. The van der Waals surface area contributed by atoms with Gasteiger partial charge in [-0.15, -0.1) is 0 Å². The van der Waals surface area contributed by atoms with E-state index in [4.69, 9.17) is 23.2 Å². The first-order valence-electron chi connectivity index (χ1n) is 6.16. The van der Waals surface area contributed by atoms with Gasteiger partial charge in [-0.25, -0.2) is 12.8 Å². The van der Waals surface area contributed by atoms with Gasteiger partial charge in [0.1, 0.15) is 5.82 Å². The molecule has 0 aromatic heterocycles. The monoisotopic (exact) mass is 362 g/mol. The maximum Gasteiger partial charge on any atom is 0.262 e. The number of hydrogen-bond donors (Lipinski definition) is 1. The zero-order valence-corrected chi connectivity index (χ0v) is 14.1. The van der Waals surface area contributed by atoms with Crippen LogP contribution in [0.2, 0.25) is 10.0 Å². The smallest absolute Gasteiger partial charge is 0.262 e. The van der Waals surface area contributed by atoms with Crippen LogP contribution < -0.4 is 9.62 Å². The van der Waals surface area contributed by atoms with Crippen molar-refractivity contribution in [3.05, 3.63) is 52.3 Å². The molecule has 0 aliphatic carbocycles. The molecule has 0 spiro atoms. The van der Waals surface area contributed by atoms with E-state index in [2.05, 4.69) is 4.72 Å². The van der Waals surface area contributed by atoms with E-state index < -0.39 is 15.8 Å². The molecule has 2 rings (SSSR count). The second-order valence-electron chi connectivity index (χ2n) is 4.71. The summed E-state index contributed by atoms with van der Waals surface area (Å²) in [6.07, 6.45) is 0. The Kier molecular flexibility index (Phi) is 4.84. The van der Waals surface area contributed by atoms with Crippen molar-refractivity contribution in [2.45, 2.75) is 4.90 Å². The Labute approximate surface area is 138 Å². The zero-order chi connectivity index (χ0) is 16.5. The first kappa shape index (κ1) is 16.9. The molecule has 2 aromatic rings.